The van der Waals surface area contributed by atoms with Gasteiger partial charge in [-0.2, -0.15) is 0 Å². The molecule has 0 bridgehead atoms. The number of nitrogens with two attached hydrogens (primary N) is 1. The molecule has 0 spiro atoms. The largest absolute Gasteiger partial charge is 0.366 e. The molecule has 1 aliphatic heterocycles. The van der Waals surface area contributed by atoms with Gasteiger partial charge in [-0.05, 0) is 36.1 Å². The number of H-pyrrole nitrogens is 1. The maximum atomic E-state index is 15.1. The normalized spacial score (nSPS) is 13.2. The molecule has 1 aromatic heterocycles. The third kappa shape index (κ3) is 2.35. The Morgan fingerprint density at radius 3 is 2.96 bits per heavy atom. The van der Waals surface area contributed by atoms with Crippen LogP contribution in [0, 0.1) is 12.7 Å². The van der Waals surface area contributed by atoms with Gasteiger partial charge < -0.3 is 10.7 Å². The molecule has 2 aromatic carbocycles. The second-order valence-corrected chi connectivity index (χ2v) is 6.50. The number of carbonyl (C=O) groups is 1. The number of amides is 1. The summed E-state index contributed by atoms with van der Waals surface area (Å²) < 4.78 is 15.1. The lowest BCUT2D eigenvalue weighted by molar-refractivity contribution is 0.100. The monoisotopic (exact) mass is 355 g/mol. The fraction of sp³-hybridized carbons (Fsp3) is 0.158. The molecule has 0 fully saturated rings. The van der Waals surface area contributed by atoms with Gasteiger partial charge in [0, 0.05) is 29.4 Å². The summed E-state index contributed by atoms with van der Waals surface area (Å²) in [6, 6.07) is 6.88. The van der Waals surface area contributed by atoms with Gasteiger partial charge in [0.05, 0.1) is 16.1 Å². The molecule has 1 aliphatic rings. The van der Waals surface area contributed by atoms with Crippen molar-refractivity contribution in [3.63, 3.8) is 0 Å². The van der Waals surface area contributed by atoms with Crippen LogP contribution >= 0.6 is 11.6 Å². The Kier molecular flexibility index (Phi) is 3.62. The Labute approximate surface area is 148 Å². The molecule has 6 heteroatoms. The van der Waals surface area contributed by atoms with Gasteiger partial charge in [0.15, 0.2) is 0 Å². The van der Waals surface area contributed by atoms with Gasteiger partial charge in [-0.15, -0.1) is 0 Å². The summed E-state index contributed by atoms with van der Waals surface area (Å²) in [5.74, 6) is -1.21. The number of halogens is 2. The van der Waals surface area contributed by atoms with Crippen LogP contribution in [0.3, 0.4) is 0 Å². The second kappa shape index (κ2) is 5.70. The lowest BCUT2D eigenvalue weighted by Gasteiger charge is -2.17. The van der Waals surface area contributed by atoms with Gasteiger partial charge in [0.25, 0.3) is 5.91 Å². The Morgan fingerprint density at radius 2 is 2.20 bits per heavy atom. The number of aromatic amines is 1. The van der Waals surface area contributed by atoms with E-state index in [1.165, 1.54) is 6.07 Å². The number of aromatic nitrogens is 1. The number of nitrogens with zero attached hydrogens (tertiary/aromatic N) is 1. The minimum atomic E-state index is -0.699. The van der Waals surface area contributed by atoms with Crippen LogP contribution in [0.25, 0.3) is 22.0 Å². The average Bonchev–Trinajstić information content (AvgIpc) is 2.89. The minimum absolute atomic E-state index is 0.0950. The van der Waals surface area contributed by atoms with Gasteiger partial charge in [-0.3, -0.25) is 9.79 Å². The molecule has 0 radical (unpaired) electrons. The van der Waals surface area contributed by atoms with E-state index in [9.17, 15) is 4.79 Å². The Hall–Kier alpha value is -2.66. The second-order valence-electron chi connectivity index (χ2n) is 6.12. The smallest absolute Gasteiger partial charge is 0.250 e. The van der Waals surface area contributed by atoms with Crippen LogP contribution in [0.4, 0.5) is 4.39 Å². The van der Waals surface area contributed by atoms with Crippen LogP contribution < -0.4 is 5.73 Å². The highest BCUT2D eigenvalue weighted by Gasteiger charge is 2.24. The summed E-state index contributed by atoms with van der Waals surface area (Å²) in [7, 11) is 0. The quantitative estimate of drug-likeness (QED) is 0.716. The van der Waals surface area contributed by atoms with Crippen LogP contribution in [0.15, 0.2) is 29.3 Å². The molecule has 3 N–H and O–H groups in total. The predicted octanol–water partition coefficient (Wildman–Crippen LogP) is 4.01. The molecule has 0 unspecified atom stereocenters. The van der Waals surface area contributed by atoms with Gasteiger partial charge in [0.2, 0.25) is 0 Å². The molecule has 0 saturated carbocycles. The topological polar surface area (TPSA) is 71.2 Å². The van der Waals surface area contributed by atoms with Crippen molar-refractivity contribution in [2.24, 2.45) is 10.7 Å². The molecule has 0 atom stereocenters. The van der Waals surface area contributed by atoms with E-state index in [2.05, 4.69) is 9.98 Å². The molecule has 0 saturated heterocycles. The molecule has 1 amide bonds. The zero-order chi connectivity index (χ0) is 17.7. The van der Waals surface area contributed by atoms with Crippen molar-refractivity contribution < 1.29 is 9.18 Å². The van der Waals surface area contributed by atoms with Crippen LogP contribution in [0.1, 0.15) is 27.2 Å². The zero-order valence-electron chi connectivity index (χ0n) is 13.5. The van der Waals surface area contributed by atoms with Crippen molar-refractivity contribution in [2.45, 2.75) is 13.3 Å². The van der Waals surface area contributed by atoms with Gasteiger partial charge in [0.1, 0.15) is 5.82 Å². The van der Waals surface area contributed by atoms with E-state index in [1.807, 2.05) is 18.2 Å². The van der Waals surface area contributed by atoms with Gasteiger partial charge in [-0.1, -0.05) is 29.8 Å². The number of benzene rings is 2. The highest BCUT2D eigenvalue weighted by atomic mass is 35.5. The molecule has 4 rings (SSSR count). The fourth-order valence-electron chi connectivity index (χ4n) is 3.47. The first kappa shape index (κ1) is 15.8. The van der Waals surface area contributed by atoms with E-state index in [0.29, 0.717) is 33.7 Å². The molecular formula is C19H15ClFN3O. The molecule has 25 heavy (non-hydrogen) atoms. The van der Waals surface area contributed by atoms with E-state index in [0.717, 1.165) is 23.1 Å². The fourth-order valence-corrected chi connectivity index (χ4v) is 3.70. The van der Waals surface area contributed by atoms with Crippen LogP contribution in [-0.4, -0.2) is 23.7 Å². The summed E-state index contributed by atoms with van der Waals surface area (Å²) in [5, 5.41) is 0.887. The first-order chi connectivity index (χ1) is 12.0. The molecule has 2 heterocycles. The summed E-state index contributed by atoms with van der Waals surface area (Å²) in [6.07, 6.45) is 2.53. The minimum Gasteiger partial charge on any atom is -0.366 e. The van der Waals surface area contributed by atoms with Crippen molar-refractivity contribution in [2.75, 3.05) is 6.54 Å². The molecule has 126 valence electrons. The Bertz CT molecular complexity index is 1070. The first-order valence-corrected chi connectivity index (χ1v) is 8.29. The van der Waals surface area contributed by atoms with Crippen molar-refractivity contribution >= 4 is 34.6 Å². The van der Waals surface area contributed by atoms with E-state index in [4.69, 9.17) is 17.3 Å². The van der Waals surface area contributed by atoms with Gasteiger partial charge >= 0.3 is 0 Å². The summed E-state index contributed by atoms with van der Waals surface area (Å²) in [6.45, 7) is 2.44. The molecule has 0 aliphatic carbocycles. The number of nitrogens with one attached hydrogen (secondary N) is 1. The number of rotatable bonds is 2. The maximum absolute atomic E-state index is 15.1. The van der Waals surface area contributed by atoms with Crippen LogP contribution in [0.5, 0.6) is 0 Å². The number of hydrogen-bond donors (Lipinski definition) is 2. The number of fused-ring (bicyclic) bond motifs is 2. The third-order valence-electron chi connectivity index (χ3n) is 4.61. The number of hydrogen-bond acceptors (Lipinski definition) is 2. The molecular weight excluding hydrogens is 341 g/mol. The van der Waals surface area contributed by atoms with Crippen LogP contribution in [-0.2, 0) is 6.42 Å². The Balaban J connectivity index is 2.14. The summed E-state index contributed by atoms with van der Waals surface area (Å²) in [4.78, 5) is 19.1. The Morgan fingerprint density at radius 1 is 1.40 bits per heavy atom. The number of primary amides is 1. The predicted molar refractivity (Wildman–Crippen MR) is 98.1 cm³/mol. The number of aryl methyl sites for hydroxylation is 1. The lowest BCUT2D eigenvalue weighted by atomic mass is 9.89. The van der Waals surface area contributed by atoms with Crippen molar-refractivity contribution in [1.29, 1.82) is 0 Å². The van der Waals surface area contributed by atoms with Gasteiger partial charge in [-0.25, -0.2) is 4.39 Å². The number of aliphatic imine (C=N–C) groups is 1. The lowest BCUT2D eigenvalue weighted by Crippen LogP contribution is -2.12. The number of carbonyl (C=O) groups excluding carboxylic acids is 1. The highest BCUT2D eigenvalue weighted by Crippen LogP contribution is 2.41. The molecule has 3 aromatic rings. The third-order valence-corrected chi connectivity index (χ3v) is 5.08. The maximum Gasteiger partial charge on any atom is 0.250 e. The summed E-state index contributed by atoms with van der Waals surface area (Å²) in [5.41, 5.74) is 9.80. The zero-order valence-corrected chi connectivity index (χ0v) is 14.2. The van der Waals surface area contributed by atoms with E-state index in [1.54, 1.807) is 13.1 Å². The first-order valence-electron chi connectivity index (χ1n) is 7.91. The molecule has 4 nitrogen and oxygen atoms in total. The average molecular weight is 356 g/mol. The highest BCUT2D eigenvalue weighted by molar-refractivity contribution is 6.38. The van der Waals surface area contributed by atoms with Crippen molar-refractivity contribution in [3.8, 4) is 11.1 Å². The van der Waals surface area contributed by atoms with E-state index >= 15 is 4.39 Å². The standard InChI is InChI=1S/C19H15ClFN3O/c1-9-17(20)16-15(14(21)7-13(19(22)25)18(16)24-9)12-4-2-3-10-8-23-6-5-11(10)12/h2-4,7-8,24H,5-6H2,1H3,(H2,22,25). The summed E-state index contributed by atoms with van der Waals surface area (Å²) >= 11 is 6.45. The van der Waals surface area contributed by atoms with E-state index in [-0.39, 0.29) is 5.56 Å². The van der Waals surface area contributed by atoms with Crippen molar-refractivity contribution in [1.82, 2.24) is 4.98 Å². The van der Waals surface area contributed by atoms with E-state index < -0.39 is 11.7 Å². The van der Waals surface area contributed by atoms with Crippen LogP contribution in [0.2, 0.25) is 5.02 Å². The van der Waals surface area contributed by atoms with Crippen molar-refractivity contribution in [3.05, 3.63) is 57.5 Å². The SMILES string of the molecule is Cc1[nH]c2c(C(N)=O)cc(F)c(-c3cccc4c3CCN=C4)c2c1Cl.